The van der Waals surface area contributed by atoms with Gasteiger partial charge in [-0.05, 0) is 47.8 Å². The van der Waals surface area contributed by atoms with Gasteiger partial charge in [-0.25, -0.2) is 9.78 Å². The maximum absolute atomic E-state index is 12.3. The number of carbonyl (C=O) groups is 1. The highest BCUT2D eigenvalue weighted by Crippen LogP contribution is 2.47. The van der Waals surface area contributed by atoms with E-state index in [1.54, 1.807) is 24.4 Å². The number of hydrogen-bond donors (Lipinski definition) is 0. The Morgan fingerprint density at radius 3 is 2.96 bits per heavy atom. The van der Waals surface area contributed by atoms with Crippen molar-refractivity contribution >= 4 is 63.1 Å². The molecule has 1 aromatic heterocycles. The van der Waals surface area contributed by atoms with E-state index in [2.05, 4.69) is 27.0 Å². The maximum atomic E-state index is 12.3. The number of pyridine rings is 1. The van der Waals surface area contributed by atoms with Crippen LogP contribution in [0.25, 0.3) is 6.08 Å². The van der Waals surface area contributed by atoms with Gasteiger partial charge in [-0.15, -0.1) is 23.5 Å². The van der Waals surface area contributed by atoms with Gasteiger partial charge in [-0.3, -0.25) is 0 Å². The third kappa shape index (κ3) is 4.94. The van der Waals surface area contributed by atoms with Crippen molar-refractivity contribution in [2.75, 3.05) is 11.5 Å². The molecular formula is C18H17BrClNO2S2. The fraction of sp³-hybridized carbons (Fsp3) is 0.333. The number of nitrogens with zero attached hydrogens (tertiary/aromatic N) is 1. The molecule has 25 heavy (non-hydrogen) atoms. The van der Waals surface area contributed by atoms with E-state index >= 15 is 0 Å². The molecule has 1 fully saturated rings. The molecule has 0 N–H and O–H groups in total. The second-order valence-electron chi connectivity index (χ2n) is 5.60. The zero-order chi connectivity index (χ0) is 17.7. The monoisotopic (exact) mass is 457 g/mol. The van der Waals surface area contributed by atoms with Gasteiger partial charge < -0.3 is 4.74 Å². The minimum Gasteiger partial charge on any atom is -0.453 e. The van der Waals surface area contributed by atoms with Crippen molar-refractivity contribution in [1.82, 2.24) is 4.98 Å². The van der Waals surface area contributed by atoms with Gasteiger partial charge in [-0.1, -0.05) is 45.8 Å². The molecule has 2 atom stereocenters. The lowest BCUT2D eigenvalue weighted by molar-refractivity contribution is -0.141. The molecule has 7 heteroatoms. The lowest BCUT2D eigenvalue weighted by atomic mass is 9.99. The molecule has 0 aromatic carbocycles. The summed E-state index contributed by atoms with van der Waals surface area (Å²) >= 11 is 13.5. The van der Waals surface area contributed by atoms with Crippen LogP contribution < -0.4 is 0 Å². The first-order chi connectivity index (χ1) is 12.1. The fourth-order valence-corrected chi connectivity index (χ4v) is 7.05. The first-order valence-corrected chi connectivity index (χ1v) is 11.1. The highest BCUT2D eigenvalue weighted by molar-refractivity contribution is 9.10. The summed E-state index contributed by atoms with van der Waals surface area (Å²) in [7, 11) is 0. The topological polar surface area (TPSA) is 39.2 Å². The van der Waals surface area contributed by atoms with Crippen LogP contribution in [0.5, 0.6) is 0 Å². The van der Waals surface area contributed by atoms with Gasteiger partial charge in [0.25, 0.3) is 0 Å². The smallest absolute Gasteiger partial charge is 0.331 e. The van der Waals surface area contributed by atoms with Gasteiger partial charge in [0.05, 0.1) is 4.58 Å². The van der Waals surface area contributed by atoms with Crippen molar-refractivity contribution in [3.63, 3.8) is 0 Å². The molecule has 3 nitrogen and oxygen atoms in total. The quantitative estimate of drug-likeness (QED) is 0.271. The molecular weight excluding hydrogens is 442 g/mol. The molecule has 3 rings (SSSR count). The van der Waals surface area contributed by atoms with Gasteiger partial charge >= 0.3 is 5.97 Å². The maximum Gasteiger partial charge on any atom is 0.331 e. The third-order valence-electron chi connectivity index (χ3n) is 3.78. The predicted molar refractivity (Wildman–Crippen MR) is 111 cm³/mol. The number of ether oxygens (including phenoxy) is 1. The first-order valence-electron chi connectivity index (χ1n) is 7.86. The first kappa shape index (κ1) is 19.1. The van der Waals surface area contributed by atoms with E-state index in [1.807, 2.05) is 41.8 Å². The highest BCUT2D eigenvalue weighted by atomic mass is 79.9. The zero-order valence-corrected chi connectivity index (χ0v) is 17.3. The largest absolute Gasteiger partial charge is 0.453 e. The van der Waals surface area contributed by atoms with Crippen molar-refractivity contribution < 1.29 is 9.53 Å². The number of esters is 1. The second kappa shape index (κ2) is 8.80. The summed E-state index contributed by atoms with van der Waals surface area (Å²) in [4.78, 5) is 16.2. The Bertz CT molecular complexity index is 719. The number of carbonyl (C=O) groups excluding carboxylic acids is 1. The molecule has 0 saturated carbocycles. The van der Waals surface area contributed by atoms with E-state index in [-0.39, 0.29) is 16.4 Å². The van der Waals surface area contributed by atoms with Crippen molar-refractivity contribution in [1.29, 1.82) is 0 Å². The summed E-state index contributed by atoms with van der Waals surface area (Å²) in [5, 5.41) is 0.390. The van der Waals surface area contributed by atoms with Gasteiger partial charge in [-0.2, -0.15) is 0 Å². The molecule has 1 aliphatic carbocycles. The summed E-state index contributed by atoms with van der Waals surface area (Å²) in [6, 6.07) is 3.47. The molecule has 2 aliphatic rings. The standard InChI is InChI=1S/C18H17BrClNO2S2/c19-18(17-24-10-3-11-25-17)8-2-1-4-14(18)23-16(22)6-5-13-7-9-21-15(20)12-13/h1-2,4-9,12,14,17H,3,10-11H2/b6-5+. The van der Waals surface area contributed by atoms with Crippen LogP contribution >= 0.6 is 51.1 Å². The van der Waals surface area contributed by atoms with Gasteiger partial charge in [0.15, 0.2) is 0 Å². The highest BCUT2D eigenvalue weighted by Gasteiger charge is 2.44. The normalized spacial score (nSPS) is 26.9. The van der Waals surface area contributed by atoms with Gasteiger partial charge in [0.1, 0.15) is 15.6 Å². The number of allylic oxidation sites excluding steroid dienone is 2. The predicted octanol–water partition coefficient (Wildman–Crippen LogP) is 5.12. The fourth-order valence-electron chi connectivity index (χ4n) is 2.55. The van der Waals surface area contributed by atoms with Gasteiger partial charge in [0.2, 0.25) is 0 Å². The van der Waals surface area contributed by atoms with E-state index in [0.29, 0.717) is 9.74 Å². The van der Waals surface area contributed by atoms with Crippen molar-refractivity contribution in [2.45, 2.75) is 21.4 Å². The van der Waals surface area contributed by atoms with Crippen LogP contribution in [0.3, 0.4) is 0 Å². The Hall–Kier alpha value is -0.690. The van der Waals surface area contributed by atoms with Crippen LogP contribution in [-0.2, 0) is 9.53 Å². The number of thioether (sulfide) groups is 2. The summed E-state index contributed by atoms with van der Waals surface area (Å²) in [6.07, 6.45) is 13.5. The van der Waals surface area contributed by atoms with Crippen molar-refractivity contribution in [3.05, 3.63) is 59.4 Å². The van der Waals surface area contributed by atoms with Crippen LogP contribution in [-0.4, -0.2) is 37.5 Å². The molecule has 1 aromatic rings. The number of rotatable bonds is 4. The summed E-state index contributed by atoms with van der Waals surface area (Å²) in [5.74, 6) is 1.88. The molecule has 2 unspecified atom stereocenters. The average molecular weight is 459 g/mol. The molecule has 132 valence electrons. The number of aromatic nitrogens is 1. The van der Waals surface area contributed by atoms with Crippen molar-refractivity contribution in [3.8, 4) is 0 Å². The zero-order valence-electron chi connectivity index (χ0n) is 13.3. The average Bonchev–Trinajstić information content (AvgIpc) is 2.63. The Labute approximate surface area is 169 Å². The molecule has 0 spiro atoms. The molecule has 0 radical (unpaired) electrons. The van der Waals surface area contributed by atoms with E-state index in [9.17, 15) is 4.79 Å². The Morgan fingerprint density at radius 1 is 1.40 bits per heavy atom. The minimum atomic E-state index is -0.388. The summed E-state index contributed by atoms with van der Waals surface area (Å²) in [6.45, 7) is 0. The molecule has 1 aliphatic heterocycles. The van der Waals surface area contributed by atoms with Crippen LogP contribution in [0, 0.1) is 0 Å². The van der Waals surface area contributed by atoms with Gasteiger partial charge in [0, 0.05) is 12.3 Å². The van der Waals surface area contributed by atoms with Crippen molar-refractivity contribution in [2.24, 2.45) is 0 Å². The number of hydrogen-bond acceptors (Lipinski definition) is 5. The lowest BCUT2D eigenvalue weighted by Crippen LogP contribution is -2.45. The van der Waals surface area contributed by atoms with E-state index < -0.39 is 0 Å². The second-order valence-corrected chi connectivity index (χ2v) is 10.1. The third-order valence-corrected chi connectivity index (χ3v) is 9.02. The SMILES string of the molecule is O=C(/C=C/c1ccnc(Cl)c1)OC1C=CC=CC1(Br)C1SCCCS1. The van der Waals surface area contributed by atoms with Crippen LogP contribution in [0.2, 0.25) is 5.15 Å². The lowest BCUT2D eigenvalue weighted by Gasteiger charge is -2.40. The van der Waals surface area contributed by atoms with E-state index in [0.717, 1.165) is 17.1 Å². The Morgan fingerprint density at radius 2 is 2.20 bits per heavy atom. The van der Waals surface area contributed by atoms with Crippen LogP contribution in [0.4, 0.5) is 0 Å². The number of halogens is 2. The number of alkyl halides is 1. The molecule has 0 bridgehead atoms. The van der Waals surface area contributed by atoms with Crippen LogP contribution in [0.1, 0.15) is 12.0 Å². The van der Waals surface area contributed by atoms with Crippen LogP contribution in [0.15, 0.2) is 48.7 Å². The van der Waals surface area contributed by atoms with E-state index in [4.69, 9.17) is 16.3 Å². The van der Waals surface area contributed by atoms with E-state index in [1.165, 1.54) is 12.5 Å². The Kier molecular flexibility index (Phi) is 6.72. The molecule has 2 heterocycles. The molecule has 0 amide bonds. The molecule has 1 saturated heterocycles. The summed E-state index contributed by atoms with van der Waals surface area (Å²) < 4.78 is 5.65. The Balaban J connectivity index is 1.68. The minimum absolute atomic E-state index is 0.309. The summed E-state index contributed by atoms with van der Waals surface area (Å²) in [5.41, 5.74) is 0.805.